The number of aromatic nitrogens is 2. The van der Waals surface area contributed by atoms with E-state index in [0.29, 0.717) is 13.2 Å². The van der Waals surface area contributed by atoms with E-state index in [1.165, 1.54) is 0 Å². The third-order valence-corrected chi connectivity index (χ3v) is 5.77. The minimum absolute atomic E-state index is 0.0273. The maximum absolute atomic E-state index is 13.5. The number of likely N-dealkylation sites (tertiary alicyclic amines) is 1. The third-order valence-electron chi connectivity index (χ3n) is 5.77. The molecule has 0 aliphatic carbocycles. The molecular weight excluding hydrogens is 366 g/mol. The number of amides is 1. The van der Waals surface area contributed by atoms with Crippen molar-refractivity contribution in [1.82, 2.24) is 14.5 Å². The van der Waals surface area contributed by atoms with Crippen LogP contribution in [0.5, 0.6) is 5.75 Å². The van der Waals surface area contributed by atoms with Gasteiger partial charge in [-0.25, -0.2) is 0 Å². The summed E-state index contributed by atoms with van der Waals surface area (Å²) in [6, 6.07) is 11.7. The number of fused-ring (bicyclic) bond motifs is 1. The Kier molecular flexibility index (Phi) is 5.53. The van der Waals surface area contributed by atoms with Gasteiger partial charge >= 0.3 is 0 Å². The van der Waals surface area contributed by atoms with Crippen molar-refractivity contribution in [3.8, 4) is 5.75 Å². The predicted molar refractivity (Wildman–Crippen MR) is 112 cm³/mol. The van der Waals surface area contributed by atoms with E-state index in [1.54, 1.807) is 13.3 Å². The van der Waals surface area contributed by atoms with E-state index in [9.17, 15) is 4.79 Å². The van der Waals surface area contributed by atoms with Gasteiger partial charge in [0.25, 0.3) is 5.91 Å². The van der Waals surface area contributed by atoms with E-state index in [2.05, 4.69) is 9.55 Å². The lowest BCUT2D eigenvalue weighted by Gasteiger charge is -2.32. The Balaban J connectivity index is 1.54. The van der Waals surface area contributed by atoms with Crippen LogP contribution >= 0.6 is 0 Å². The van der Waals surface area contributed by atoms with Crippen molar-refractivity contribution in [3.05, 3.63) is 59.5 Å². The zero-order valence-corrected chi connectivity index (χ0v) is 17.2. The molecule has 1 aliphatic heterocycles. The van der Waals surface area contributed by atoms with Gasteiger partial charge in [0.2, 0.25) is 0 Å². The van der Waals surface area contributed by atoms with Gasteiger partial charge in [0.05, 0.1) is 31.1 Å². The topological polar surface area (TPSA) is 56.6 Å². The number of rotatable bonds is 5. The Morgan fingerprint density at radius 2 is 2.14 bits per heavy atom. The number of carbonyl (C=O) groups is 1. The molecule has 0 N–H and O–H groups in total. The van der Waals surface area contributed by atoms with Gasteiger partial charge in [0.15, 0.2) is 0 Å². The van der Waals surface area contributed by atoms with E-state index >= 15 is 0 Å². The minimum Gasteiger partial charge on any atom is -0.497 e. The molecule has 1 saturated heterocycles. The third kappa shape index (κ3) is 3.85. The summed E-state index contributed by atoms with van der Waals surface area (Å²) < 4.78 is 13.5. The monoisotopic (exact) mass is 393 g/mol. The molecule has 1 amide bonds. The first-order chi connectivity index (χ1) is 14.1. The normalized spacial score (nSPS) is 16.9. The molecule has 29 heavy (non-hydrogen) atoms. The van der Waals surface area contributed by atoms with Crippen molar-refractivity contribution in [2.24, 2.45) is 7.05 Å². The maximum atomic E-state index is 13.5. The highest BCUT2D eigenvalue weighted by atomic mass is 16.5. The van der Waals surface area contributed by atoms with Gasteiger partial charge in [-0.3, -0.25) is 9.78 Å². The molecule has 4 rings (SSSR count). The standard InChI is InChI=1S/C23H27N3O3/c1-16-22(20-13-18(28-3)9-10-21(20)25(16)2)23(27)26-12-6-8-19(14-26)29-15-17-7-4-5-11-24-17/h4-5,7,9-11,13,19H,6,8,12,14-15H2,1-3H3. The molecule has 2 aromatic heterocycles. The Hall–Kier alpha value is -2.86. The fourth-order valence-corrected chi connectivity index (χ4v) is 4.05. The van der Waals surface area contributed by atoms with Crippen molar-refractivity contribution < 1.29 is 14.3 Å². The summed E-state index contributed by atoms with van der Waals surface area (Å²) in [5.74, 6) is 0.819. The zero-order chi connectivity index (χ0) is 20.4. The number of piperidine rings is 1. The molecule has 6 heteroatoms. The van der Waals surface area contributed by atoms with Crippen molar-refractivity contribution >= 4 is 16.8 Å². The van der Waals surface area contributed by atoms with Gasteiger partial charge in [-0.15, -0.1) is 0 Å². The molecular formula is C23H27N3O3. The Labute approximate surface area is 171 Å². The lowest BCUT2D eigenvalue weighted by Crippen LogP contribution is -2.43. The molecule has 1 aliphatic rings. The van der Waals surface area contributed by atoms with Gasteiger partial charge in [-0.05, 0) is 50.1 Å². The lowest BCUT2D eigenvalue weighted by atomic mass is 10.0. The molecule has 0 radical (unpaired) electrons. The van der Waals surface area contributed by atoms with E-state index in [-0.39, 0.29) is 12.0 Å². The van der Waals surface area contributed by atoms with Gasteiger partial charge < -0.3 is 18.9 Å². The number of aryl methyl sites for hydroxylation is 1. The van der Waals surface area contributed by atoms with Crippen molar-refractivity contribution in [1.29, 1.82) is 0 Å². The molecule has 3 aromatic rings. The molecule has 1 aromatic carbocycles. The summed E-state index contributed by atoms with van der Waals surface area (Å²) in [5, 5.41) is 0.936. The number of ether oxygens (including phenoxy) is 2. The van der Waals surface area contributed by atoms with E-state index in [0.717, 1.165) is 53.0 Å². The highest BCUT2D eigenvalue weighted by molar-refractivity contribution is 6.08. The number of methoxy groups -OCH3 is 1. The fourth-order valence-electron chi connectivity index (χ4n) is 4.05. The average Bonchev–Trinajstić information content (AvgIpc) is 3.02. The van der Waals surface area contributed by atoms with Crippen LogP contribution in [-0.2, 0) is 18.4 Å². The largest absolute Gasteiger partial charge is 0.497 e. The first kappa shape index (κ1) is 19.5. The van der Waals surface area contributed by atoms with Crippen LogP contribution in [0.3, 0.4) is 0 Å². The van der Waals surface area contributed by atoms with Crippen LogP contribution in [0.25, 0.3) is 10.9 Å². The average molecular weight is 393 g/mol. The van der Waals surface area contributed by atoms with Crippen LogP contribution in [0.15, 0.2) is 42.6 Å². The highest BCUT2D eigenvalue weighted by Gasteiger charge is 2.28. The number of nitrogens with zero attached hydrogens (tertiary/aromatic N) is 3. The number of pyridine rings is 1. The molecule has 1 fully saturated rings. The second-order valence-electron chi connectivity index (χ2n) is 7.55. The van der Waals surface area contributed by atoms with Crippen molar-refractivity contribution in [3.63, 3.8) is 0 Å². The van der Waals surface area contributed by atoms with Gasteiger partial charge in [-0.1, -0.05) is 6.07 Å². The lowest BCUT2D eigenvalue weighted by molar-refractivity contribution is -0.00782. The first-order valence-electron chi connectivity index (χ1n) is 10.0. The first-order valence-corrected chi connectivity index (χ1v) is 10.0. The number of hydrogen-bond acceptors (Lipinski definition) is 4. The van der Waals surface area contributed by atoms with Crippen LogP contribution in [0.2, 0.25) is 0 Å². The number of hydrogen-bond donors (Lipinski definition) is 0. The van der Waals surface area contributed by atoms with Crippen molar-refractivity contribution in [2.45, 2.75) is 32.5 Å². The molecule has 6 nitrogen and oxygen atoms in total. The van der Waals surface area contributed by atoms with Gasteiger partial charge in [0.1, 0.15) is 5.75 Å². The van der Waals surface area contributed by atoms with E-state index < -0.39 is 0 Å². The molecule has 1 unspecified atom stereocenters. The van der Waals surface area contributed by atoms with Gasteiger partial charge in [0, 0.05) is 42.9 Å². The highest BCUT2D eigenvalue weighted by Crippen LogP contribution is 2.30. The van der Waals surface area contributed by atoms with Crippen LogP contribution in [-0.4, -0.2) is 46.7 Å². The SMILES string of the molecule is COc1ccc2c(c1)c(C(=O)N1CCCC(OCc3ccccn3)C1)c(C)n2C. The number of benzene rings is 1. The second-order valence-corrected chi connectivity index (χ2v) is 7.55. The Morgan fingerprint density at radius 1 is 1.28 bits per heavy atom. The van der Waals surface area contributed by atoms with E-state index in [4.69, 9.17) is 9.47 Å². The summed E-state index contributed by atoms with van der Waals surface area (Å²) in [4.78, 5) is 19.7. The summed E-state index contributed by atoms with van der Waals surface area (Å²) in [5.41, 5.74) is 3.67. The zero-order valence-electron chi connectivity index (χ0n) is 17.2. The Bertz CT molecular complexity index is 1010. The molecule has 1 atom stereocenters. The van der Waals surface area contributed by atoms with Crippen LogP contribution in [0, 0.1) is 6.92 Å². The quantitative estimate of drug-likeness (QED) is 0.663. The molecule has 0 saturated carbocycles. The minimum atomic E-state index is 0.0273. The molecule has 3 heterocycles. The fraction of sp³-hybridized carbons (Fsp3) is 0.391. The second kappa shape index (κ2) is 8.25. The van der Waals surface area contributed by atoms with Gasteiger partial charge in [-0.2, -0.15) is 0 Å². The van der Waals surface area contributed by atoms with E-state index in [1.807, 2.05) is 55.3 Å². The molecule has 152 valence electrons. The smallest absolute Gasteiger partial charge is 0.256 e. The predicted octanol–water partition coefficient (Wildman–Crippen LogP) is 3.71. The van der Waals surface area contributed by atoms with Crippen molar-refractivity contribution in [2.75, 3.05) is 20.2 Å². The number of carbonyl (C=O) groups excluding carboxylic acids is 1. The van der Waals surface area contributed by atoms with Crippen LogP contribution < -0.4 is 4.74 Å². The Morgan fingerprint density at radius 3 is 2.90 bits per heavy atom. The summed E-state index contributed by atoms with van der Waals surface area (Å²) >= 11 is 0. The summed E-state index contributed by atoms with van der Waals surface area (Å²) in [6.45, 7) is 3.82. The van der Waals surface area contributed by atoms with Crippen LogP contribution in [0.4, 0.5) is 0 Å². The summed E-state index contributed by atoms with van der Waals surface area (Å²) in [6.07, 6.45) is 3.69. The summed E-state index contributed by atoms with van der Waals surface area (Å²) in [7, 11) is 3.64. The van der Waals surface area contributed by atoms with Crippen LogP contribution in [0.1, 0.15) is 34.6 Å². The molecule has 0 spiro atoms. The maximum Gasteiger partial charge on any atom is 0.256 e. The molecule has 0 bridgehead atoms.